The average Bonchev–Trinajstić information content (AvgIpc) is 2.70. The van der Waals surface area contributed by atoms with Crippen LogP contribution in [-0.2, 0) is 23.8 Å². The number of esters is 1. The maximum Gasteiger partial charge on any atom is 0.511 e. The van der Waals surface area contributed by atoms with Crippen molar-refractivity contribution < 1.29 is 51.6 Å². The van der Waals surface area contributed by atoms with Gasteiger partial charge in [-0.15, -0.1) is 10.1 Å². The molecule has 1 heterocycles. The number of ether oxygens (including phenoxy) is 4. The highest BCUT2D eigenvalue weighted by Gasteiger charge is 2.49. The number of fused-ring (bicyclic) bond motifs is 1. The van der Waals surface area contributed by atoms with Gasteiger partial charge in [-0.1, -0.05) is 11.6 Å². The van der Waals surface area contributed by atoms with Gasteiger partial charge in [0.2, 0.25) is 12.9 Å². The quantitative estimate of drug-likeness (QED) is 0.224. The highest BCUT2D eigenvalue weighted by atomic mass is 35.5. The Bertz CT molecular complexity index is 965. The van der Waals surface area contributed by atoms with Crippen LogP contribution in [0.1, 0.15) is 30.0 Å². The van der Waals surface area contributed by atoms with Crippen LogP contribution in [0.5, 0.6) is 5.75 Å². The van der Waals surface area contributed by atoms with E-state index in [4.69, 9.17) is 21.1 Å². The van der Waals surface area contributed by atoms with E-state index in [1.165, 1.54) is 13.0 Å². The Morgan fingerprint density at radius 2 is 1.97 bits per heavy atom. The molecule has 0 amide bonds. The van der Waals surface area contributed by atoms with E-state index in [-0.39, 0.29) is 24.3 Å². The molecule has 1 unspecified atom stereocenters. The van der Waals surface area contributed by atoms with Crippen LogP contribution in [0.25, 0.3) is 6.08 Å². The van der Waals surface area contributed by atoms with Crippen LogP contribution < -0.4 is 4.74 Å². The second kappa shape index (κ2) is 10.6. The smallest absolute Gasteiger partial charge is 0.475 e. The third kappa shape index (κ3) is 6.88. The largest absolute Gasteiger partial charge is 0.511 e. The van der Waals surface area contributed by atoms with Gasteiger partial charge in [0.25, 0.3) is 5.09 Å². The second-order valence-electron chi connectivity index (χ2n) is 6.90. The monoisotopic (exact) mass is 497 g/mol. The Balaban J connectivity index is 2.04. The fourth-order valence-corrected chi connectivity index (χ4v) is 2.97. The summed E-state index contributed by atoms with van der Waals surface area (Å²) in [7, 11) is 0. The van der Waals surface area contributed by atoms with Gasteiger partial charge in [0.05, 0.1) is 12.2 Å². The summed E-state index contributed by atoms with van der Waals surface area (Å²) in [5, 5.41) is 9.34. The van der Waals surface area contributed by atoms with Crippen LogP contribution in [0, 0.1) is 24.0 Å². The van der Waals surface area contributed by atoms with E-state index in [0.29, 0.717) is 16.1 Å². The van der Waals surface area contributed by atoms with Crippen molar-refractivity contribution in [2.45, 2.75) is 45.6 Å². The summed E-state index contributed by atoms with van der Waals surface area (Å²) in [5.74, 6) is -1.53. The normalized spacial score (nSPS) is 16.0. The van der Waals surface area contributed by atoms with Crippen molar-refractivity contribution >= 4 is 29.8 Å². The number of aryl methyl sites for hydroxylation is 1. The fourth-order valence-electron chi connectivity index (χ4n) is 2.81. The molecule has 0 saturated heterocycles. The molecule has 0 aliphatic carbocycles. The van der Waals surface area contributed by atoms with Crippen LogP contribution in [-0.4, -0.2) is 49.0 Å². The van der Waals surface area contributed by atoms with Gasteiger partial charge in [-0.3, -0.25) is 0 Å². The molecule has 0 aromatic heterocycles. The first-order valence-electron chi connectivity index (χ1n) is 9.33. The molecular weight excluding hydrogens is 479 g/mol. The van der Waals surface area contributed by atoms with Crippen LogP contribution in [0.3, 0.4) is 0 Å². The summed E-state index contributed by atoms with van der Waals surface area (Å²) in [4.78, 5) is 38.0. The zero-order chi connectivity index (χ0) is 24.9. The molecule has 14 heteroatoms. The van der Waals surface area contributed by atoms with E-state index in [1.54, 1.807) is 13.8 Å². The first kappa shape index (κ1) is 26.0. The van der Waals surface area contributed by atoms with E-state index in [9.17, 15) is 32.9 Å². The number of rotatable bonds is 8. The standard InChI is InChI=1S/C19H19ClF3NO9/c1-9-6-14-12(11(3)15(9)20)7-13(16(33-14)19(21,22)23)17(25)29-8-30-18(26)32-10(2)4-5-31-24(27)28/h6-7,10,16H,4-5,8H2,1-3H3/t10-,16?/m0/s1. The lowest BCUT2D eigenvalue weighted by atomic mass is 9.96. The van der Waals surface area contributed by atoms with Crippen LogP contribution in [0.2, 0.25) is 5.02 Å². The number of carbonyl (C=O) groups excluding carboxylic acids is 2. The van der Waals surface area contributed by atoms with Gasteiger partial charge in [0, 0.05) is 17.0 Å². The van der Waals surface area contributed by atoms with Crippen molar-refractivity contribution in [2.24, 2.45) is 0 Å². The minimum atomic E-state index is -4.94. The number of carbonyl (C=O) groups is 2. The van der Waals surface area contributed by atoms with Crippen molar-refractivity contribution in [3.05, 3.63) is 43.5 Å². The lowest BCUT2D eigenvalue weighted by Crippen LogP contribution is -2.41. The van der Waals surface area contributed by atoms with Crippen molar-refractivity contribution in [3.8, 4) is 5.75 Å². The van der Waals surface area contributed by atoms with Crippen molar-refractivity contribution in [1.29, 1.82) is 0 Å². The third-order valence-electron chi connectivity index (χ3n) is 4.44. The van der Waals surface area contributed by atoms with E-state index in [2.05, 4.69) is 14.3 Å². The average molecular weight is 498 g/mol. The molecule has 1 aromatic carbocycles. The summed E-state index contributed by atoms with van der Waals surface area (Å²) in [6.45, 7) is 3.16. The van der Waals surface area contributed by atoms with Crippen molar-refractivity contribution in [3.63, 3.8) is 0 Å². The number of benzene rings is 1. The topological polar surface area (TPSA) is 123 Å². The second-order valence-corrected chi connectivity index (χ2v) is 7.28. The fraction of sp³-hybridized carbons (Fsp3) is 0.474. The Labute approximate surface area is 190 Å². The number of nitrogens with zero attached hydrogens (tertiary/aromatic N) is 1. The van der Waals surface area contributed by atoms with Crippen LogP contribution in [0.15, 0.2) is 11.6 Å². The summed E-state index contributed by atoms with van der Waals surface area (Å²) < 4.78 is 59.4. The third-order valence-corrected chi connectivity index (χ3v) is 5.02. The minimum absolute atomic E-state index is 0.0336. The minimum Gasteiger partial charge on any atom is -0.475 e. The molecule has 2 atom stereocenters. The predicted molar refractivity (Wildman–Crippen MR) is 105 cm³/mol. The Kier molecular flexibility index (Phi) is 8.36. The molecule has 10 nitrogen and oxygen atoms in total. The lowest BCUT2D eigenvalue weighted by Gasteiger charge is -2.29. The molecule has 33 heavy (non-hydrogen) atoms. The summed E-state index contributed by atoms with van der Waals surface area (Å²) in [5.41, 5.74) is 0.233. The molecule has 0 bridgehead atoms. The molecule has 0 N–H and O–H groups in total. The number of hydrogen-bond acceptors (Lipinski definition) is 9. The first-order chi connectivity index (χ1) is 15.3. The Morgan fingerprint density at radius 1 is 1.30 bits per heavy atom. The zero-order valence-electron chi connectivity index (χ0n) is 17.6. The Morgan fingerprint density at radius 3 is 2.58 bits per heavy atom. The highest BCUT2D eigenvalue weighted by Crippen LogP contribution is 2.41. The van der Waals surface area contributed by atoms with Gasteiger partial charge in [-0.05, 0) is 44.0 Å². The van der Waals surface area contributed by atoms with Gasteiger partial charge in [0.1, 0.15) is 11.9 Å². The molecule has 2 rings (SSSR count). The van der Waals surface area contributed by atoms with Gasteiger partial charge in [-0.2, -0.15) is 13.2 Å². The molecule has 1 aromatic rings. The molecule has 0 saturated carbocycles. The summed E-state index contributed by atoms with van der Waals surface area (Å²) >= 11 is 6.14. The lowest BCUT2D eigenvalue weighted by molar-refractivity contribution is -0.758. The van der Waals surface area contributed by atoms with E-state index in [0.717, 1.165) is 6.08 Å². The highest BCUT2D eigenvalue weighted by molar-refractivity contribution is 6.32. The summed E-state index contributed by atoms with van der Waals surface area (Å²) in [6.07, 6.45) is -8.76. The zero-order valence-corrected chi connectivity index (χ0v) is 18.3. The van der Waals surface area contributed by atoms with Crippen LogP contribution in [0.4, 0.5) is 18.0 Å². The van der Waals surface area contributed by atoms with Crippen LogP contribution >= 0.6 is 11.6 Å². The molecule has 182 valence electrons. The number of halogens is 4. The maximum absolute atomic E-state index is 13.5. The molecule has 1 aliphatic heterocycles. The van der Waals surface area contributed by atoms with Gasteiger partial charge < -0.3 is 23.8 Å². The molecule has 0 spiro atoms. The van der Waals surface area contributed by atoms with Crippen molar-refractivity contribution in [2.75, 3.05) is 13.4 Å². The SMILES string of the molecule is Cc1cc2c(c(C)c1Cl)C=C(C(=O)OCOC(=O)O[C@@H](C)CCO[N+](=O)[O-])C(C(F)(F)F)O2. The van der Waals surface area contributed by atoms with E-state index >= 15 is 0 Å². The van der Waals surface area contributed by atoms with E-state index in [1.807, 2.05) is 0 Å². The summed E-state index contributed by atoms with van der Waals surface area (Å²) in [6, 6.07) is 1.33. The van der Waals surface area contributed by atoms with Crippen molar-refractivity contribution in [1.82, 2.24) is 0 Å². The molecule has 0 fully saturated rings. The molecular formula is C19H19ClF3NO9. The number of hydrogen-bond donors (Lipinski definition) is 0. The van der Waals surface area contributed by atoms with Gasteiger partial charge in [-0.25, -0.2) is 9.59 Å². The number of alkyl halides is 3. The predicted octanol–water partition coefficient (Wildman–Crippen LogP) is 4.30. The van der Waals surface area contributed by atoms with Gasteiger partial charge in [0.15, 0.2) is 0 Å². The van der Waals surface area contributed by atoms with Gasteiger partial charge >= 0.3 is 18.3 Å². The molecule has 1 aliphatic rings. The maximum atomic E-state index is 13.5. The molecule has 0 radical (unpaired) electrons. The van der Waals surface area contributed by atoms with E-state index < -0.39 is 48.0 Å². The Hall–Kier alpha value is -3.22. The first-order valence-corrected chi connectivity index (χ1v) is 9.71.